The van der Waals surface area contributed by atoms with Gasteiger partial charge in [0, 0.05) is 0 Å². The van der Waals surface area contributed by atoms with Gasteiger partial charge in [-0.3, -0.25) is 0 Å². The Kier molecular flexibility index (Phi) is 8.56. The van der Waals surface area contributed by atoms with Gasteiger partial charge in [0.25, 0.3) is 0 Å². The van der Waals surface area contributed by atoms with Crippen LogP contribution in [0, 0.1) is 0 Å². The average Bonchev–Trinajstić information content (AvgIpc) is 2.46. The van der Waals surface area contributed by atoms with Crippen molar-refractivity contribution < 1.29 is 14.6 Å². The van der Waals surface area contributed by atoms with Gasteiger partial charge in [-0.05, 0) is 36.5 Å². The van der Waals surface area contributed by atoms with Crippen LogP contribution in [0.1, 0.15) is 69.9 Å². The molecule has 0 spiro atoms. The summed E-state index contributed by atoms with van der Waals surface area (Å²) in [4.78, 5) is 10.8. The normalized spacial score (nSPS) is 10.6. The van der Waals surface area contributed by atoms with E-state index in [1.54, 1.807) is 6.07 Å². The number of ether oxygens (including phenoxy) is 1. The van der Waals surface area contributed by atoms with E-state index < -0.39 is 6.16 Å². The quantitative estimate of drug-likeness (QED) is 0.347. The lowest BCUT2D eigenvalue weighted by molar-refractivity contribution is 0.144. The lowest BCUT2D eigenvalue weighted by Crippen LogP contribution is -2.07. The minimum absolute atomic E-state index is 0.507. The summed E-state index contributed by atoms with van der Waals surface area (Å²) in [5.41, 5.74) is 2.26. The molecule has 1 N–H and O–H groups in total. The van der Waals surface area contributed by atoms with Gasteiger partial charge in [0.15, 0.2) is 0 Å². The molecule has 0 unspecified atom stereocenters. The Bertz CT molecular complexity index is 426. The Hall–Kier alpha value is -1.51. The molecule has 0 aliphatic rings. The zero-order chi connectivity index (χ0) is 15.5. The largest absolute Gasteiger partial charge is 0.511 e. The molecule has 0 amide bonds. The summed E-state index contributed by atoms with van der Waals surface area (Å²) < 4.78 is 4.91. The lowest BCUT2D eigenvalue weighted by atomic mass is 9.98. The molecular weight excluding hydrogens is 264 g/mol. The zero-order valence-electron chi connectivity index (χ0n) is 13.4. The summed E-state index contributed by atoms with van der Waals surface area (Å²) >= 11 is 0. The highest BCUT2D eigenvalue weighted by molar-refractivity contribution is 5.62. The monoisotopic (exact) mass is 292 g/mol. The van der Waals surface area contributed by atoms with E-state index in [1.165, 1.54) is 44.1 Å². The standard InChI is InChI=1S/C18H28O3/c1-3-5-6-7-8-9-10-13-16-15(4-2)12-11-14-17(16)21-18(19)20/h11-12,14H,3-10,13H2,1-2H3,(H,19,20). The van der Waals surface area contributed by atoms with Crippen LogP contribution in [0.5, 0.6) is 5.75 Å². The highest BCUT2D eigenvalue weighted by Crippen LogP contribution is 2.25. The molecule has 1 rings (SSSR count). The van der Waals surface area contributed by atoms with Crippen molar-refractivity contribution >= 4 is 6.16 Å². The van der Waals surface area contributed by atoms with Crippen molar-refractivity contribution in [2.45, 2.75) is 71.6 Å². The molecular formula is C18H28O3. The van der Waals surface area contributed by atoms with Gasteiger partial charge in [-0.2, -0.15) is 0 Å². The molecule has 0 aromatic heterocycles. The molecule has 0 saturated heterocycles. The third kappa shape index (κ3) is 6.65. The van der Waals surface area contributed by atoms with Crippen LogP contribution in [-0.2, 0) is 12.8 Å². The molecule has 21 heavy (non-hydrogen) atoms. The van der Waals surface area contributed by atoms with Crippen molar-refractivity contribution in [2.75, 3.05) is 0 Å². The van der Waals surface area contributed by atoms with E-state index in [0.717, 1.165) is 24.8 Å². The van der Waals surface area contributed by atoms with Gasteiger partial charge in [-0.25, -0.2) is 4.79 Å². The van der Waals surface area contributed by atoms with Crippen LogP contribution < -0.4 is 4.74 Å². The van der Waals surface area contributed by atoms with Crippen LogP contribution in [-0.4, -0.2) is 11.3 Å². The van der Waals surface area contributed by atoms with E-state index in [9.17, 15) is 4.79 Å². The van der Waals surface area contributed by atoms with E-state index in [4.69, 9.17) is 9.84 Å². The molecule has 0 saturated carbocycles. The average molecular weight is 292 g/mol. The van der Waals surface area contributed by atoms with E-state index in [-0.39, 0.29) is 0 Å². The Morgan fingerprint density at radius 3 is 2.33 bits per heavy atom. The van der Waals surface area contributed by atoms with Gasteiger partial charge in [0.05, 0.1) is 0 Å². The van der Waals surface area contributed by atoms with Crippen LogP contribution in [0.2, 0.25) is 0 Å². The first-order valence-corrected chi connectivity index (χ1v) is 8.20. The second-order valence-electron chi connectivity index (χ2n) is 5.49. The van der Waals surface area contributed by atoms with Crippen molar-refractivity contribution in [3.8, 4) is 5.75 Å². The molecule has 0 aliphatic heterocycles. The van der Waals surface area contributed by atoms with Crippen LogP contribution in [0.15, 0.2) is 18.2 Å². The first kappa shape index (κ1) is 17.5. The SMILES string of the molecule is CCCCCCCCCc1c(CC)cccc1OC(=O)O. The predicted molar refractivity (Wildman–Crippen MR) is 86.2 cm³/mol. The third-order valence-electron chi connectivity index (χ3n) is 3.84. The summed E-state index contributed by atoms with van der Waals surface area (Å²) in [7, 11) is 0. The molecule has 1 aromatic carbocycles. The topological polar surface area (TPSA) is 46.5 Å². The molecule has 3 nitrogen and oxygen atoms in total. The van der Waals surface area contributed by atoms with Gasteiger partial charge >= 0.3 is 6.16 Å². The smallest absolute Gasteiger partial charge is 0.449 e. The summed E-state index contributed by atoms with van der Waals surface area (Å²) in [6.07, 6.45) is 9.38. The first-order chi connectivity index (χ1) is 10.2. The number of carboxylic acid groups (broad SMARTS) is 1. The summed E-state index contributed by atoms with van der Waals surface area (Å²) in [6, 6.07) is 5.68. The van der Waals surface area contributed by atoms with Crippen LogP contribution in [0.4, 0.5) is 4.79 Å². The fourth-order valence-corrected chi connectivity index (χ4v) is 2.67. The molecule has 0 atom stereocenters. The number of unbranched alkanes of at least 4 members (excludes halogenated alkanes) is 6. The number of rotatable bonds is 10. The minimum atomic E-state index is -1.23. The number of hydrogen-bond donors (Lipinski definition) is 1. The van der Waals surface area contributed by atoms with Gasteiger partial charge in [0.1, 0.15) is 5.75 Å². The van der Waals surface area contributed by atoms with Gasteiger partial charge in [-0.1, -0.05) is 64.5 Å². The first-order valence-electron chi connectivity index (χ1n) is 8.20. The number of hydrogen-bond acceptors (Lipinski definition) is 2. The van der Waals surface area contributed by atoms with Crippen molar-refractivity contribution in [2.24, 2.45) is 0 Å². The summed E-state index contributed by atoms with van der Waals surface area (Å²) in [6.45, 7) is 4.32. The van der Waals surface area contributed by atoms with Crippen molar-refractivity contribution in [3.05, 3.63) is 29.3 Å². The van der Waals surface area contributed by atoms with Gasteiger partial charge in [0.2, 0.25) is 0 Å². The number of carbonyl (C=O) groups is 1. The molecule has 0 radical (unpaired) electrons. The third-order valence-corrected chi connectivity index (χ3v) is 3.84. The summed E-state index contributed by atoms with van der Waals surface area (Å²) in [5, 5.41) is 8.82. The zero-order valence-corrected chi connectivity index (χ0v) is 13.4. The maximum Gasteiger partial charge on any atom is 0.511 e. The van der Waals surface area contributed by atoms with E-state index in [0.29, 0.717) is 5.75 Å². The maximum absolute atomic E-state index is 10.8. The van der Waals surface area contributed by atoms with Crippen LogP contribution in [0.3, 0.4) is 0 Å². The number of benzene rings is 1. The highest BCUT2D eigenvalue weighted by Gasteiger charge is 2.11. The molecule has 0 bridgehead atoms. The van der Waals surface area contributed by atoms with Gasteiger partial charge in [-0.15, -0.1) is 0 Å². The van der Waals surface area contributed by atoms with Crippen LogP contribution in [0.25, 0.3) is 0 Å². The second kappa shape index (κ2) is 10.3. The Morgan fingerprint density at radius 2 is 1.71 bits per heavy atom. The van der Waals surface area contributed by atoms with E-state index in [2.05, 4.69) is 19.9 Å². The maximum atomic E-state index is 10.8. The second-order valence-corrected chi connectivity index (χ2v) is 5.49. The van der Waals surface area contributed by atoms with Gasteiger partial charge < -0.3 is 9.84 Å². The van der Waals surface area contributed by atoms with Crippen molar-refractivity contribution in [1.29, 1.82) is 0 Å². The summed E-state index contributed by atoms with van der Waals surface area (Å²) in [5.74, 6) is 0.507. The fraction of sp³-hybridized carbons (Fsp3) is 0.611. The molecule has 0 fully saturated rings. The number of aryl methyl sites for hydroxylation is 1. The molecule has 3 heteroatoms. The predicted octanol–water partition coefficient (Wildman–Crippen LogP) is 5.60. The highest BCUT2D eigenvalue weighted by atomic mass is 16.7. The Morgan fingerprint density at radius 1 is 1.05 bits per heavy atom. The molecule has 0 aliphatic carbocycles. The molecule has 1 aromatic rings. The molecule has 0 heterocycles. The Balaban J connectivity index is 2.50. The lowest BCUT2D eigenvalue weighted by Gasteiger charge is -2.12. The minimum Gasteiger partial charge on any atom is -0.449 e. The van der Waals surface area contributed by atoms with Crippen molar-refractivity contribution in [1.82, 2.24) is 0 Å². The van der Waals surface area contributed by atoms with Crippen LogP contribution >= 0.6 is 0 Å². The fourth-order valence-electron chi connectivity index (χ4n) is 2.67. The Labute approximate surface area is 128 Å². The van der Waals surface area contributed by atoms with E-state index in [1.807, 2.05) is 6.07 Å². The molecule has 118 valence electrons. The van der Waals surface area contributed by atoms with Crippen molar-refractivity contribution in [3.63, 3.8) is 0 Å². The van der Waals surface area contributed by atoms with E-state index >= 15 is 0 Å².